The molecule has 5 heteroatoms. The molecular weight excluding hydrogens is 196 g/mol. The minimum absolute atomic E-state index is 0.382. The van der Waals surface area contributed by atoms with Crippen LogP contribution in [0.25, 0.3) is 0 Å². The molecule has 0 bridgehead atoms. The largest absolute Gasteiger partial charge is 0.480 e. The summed E-state index contributed by atoms with van der Waals surface area (Å²) < 4.78 is 0. The third-order valence-electron chi connectivity index (χ3n) is 3.22. The zero-order valence-corrected chi connectivity index (χ0v) is 9.17. The molecule has 4 N–H and O–H groups in total. The van der Waals surface area contributed by atoms with Crippen molar-refractivity contribution >= 4 is 11.9 Å². The van der Waals surface area contributed by atoms with Crippen molar-refractivity contribution in [1.82, 2.24) is 5.32 Å². The van der Waals surface area contributed by atoms with Crippen LogP contribution in [0.1, 0.15) is 39.5 Å². The lowest BCUT2D eigenvalue weighted by molar-refractivity contribution is -0.152. The highest BCUT2D eigenvalue weighted by atomic mass is 16.4. The number of hydrogen-bond acceptors (Lipinski definition) is 3. The number of nitrogens with two attached hydrogens (primary N) is 1. The summed E-state index contributed by atoms with van der Waals surface area (Å²) in [5.74, 6) is -1.35. The summed E-state index contributed by atoms with van der Waals surface area (Å²) in [4.78, 5) is 22.7. The highest BCUT2D eigenvalue weighted by molar-refractivity contribution is 5.92. The van der Waals surface area contributed by atoms with Gasteiger partial charge in [0.2, 0.25) is 5.91 Å². The average Bonchev–Trinajstić information content (AvgIpc) is 2.10. The molecule has 1 amide bonds. The van der Waals surface area contributed by atoms with E-state index in [4.69, 9.17) is 10.8 Å². The number of carboxylic acids is 1. The summed E-state index contributed by atoms with van der Waals surface area (Å²) in [5, 5.41) is 11.6. The third kappa shape index (κ3) is 2.12. The normalized spacial score (nSPS) is 22.3. The minimum Gasteiger partial charge on any atom is -0.480 e. The van der Waals surface area contributed by atoms with Gasteiger partial charge in [-0.15, -0.1) is 0 Å². The smallest absolute Gasteiger partial charge is 0.329 e. The Balaban J connectivity index is 2.69. The van der Waals surface area contributed by atoms with Crippen molar-refractivity contribution in [3.8, 4) is 0 Å². The van der Waals surface area contributed by atoms with Gasteiger partial charge in [0.1, 0.15) is 5.54 Å². The lowest BCUT2D eigenvalue weighted by Crippen LogP contribution is -2.64. The van der Waals surface area contributed by atoms with Crippen molar-refractivity contribution in [3.05, 3.63) is 0 Å². The molecule has 0 aliphatic heterocycles. The predicted molar refractivity (Wildman–Crippen MR) is 55.2 cm³/mol. The molecule has 1 aliphatic rings. The molecule has 0 aromatic carbocycles. The van der Waals surface area contributed by atoms with Crippen LogP contribution in [0, 0.1) is 0 Å². The molecule has 1 rings (SSSR count). The molecule has 0 aromatic rings. The number of carbonyl (C=O) groups excluding carboxylic acids is 1. The second kappa shape index (κ2) is 3.81. The summed E-state index contributed by atoms with van der Waals surface area (Å²) in [6, 6.07) is 0. The first-order valence-corrected chi connectivity index (χ1v) is 5.19. The highest BCUT2D eigenvalue weighted by Gasteiger charge is 2.47. The number of aliphatic carboxylic acids is 1. The van der Waals surface area contributed by atoms with Crippen LogP contribution < -0.4 is 11.1 Å². The van der Waals surface area contributed by atoms with Gasteiger partial charge < -0.3 is 16.2 Å². The van der Waals surface area contributed by atoms with E-state index in [1.54, 1.807) is 13.8 Å². The molecule has 1 saturated carbocycles. The van der Waals surface area contributed by atoms with E-state index in [-0.39, 0.29) is 5.91 Å². The summed E-state index contributed by atoms with van der Waals surface area (Å²) in [7, 11) is 0. The van der Waals surface area contributed by atoms with Crippen LogP contribution >= 0.6 is 0 Å². The van der Waals surface area contributed by atoms with Crippen molar-refractivity contribution < 1.29 is 14.7 Å². The molecule has 1 atom stereocenters. The van der Waals surface area contributed by atoms with Gasteiger partial charge in [-0.3, -0.25) is 4.79 Å². The molecule has 0 saturated heterocycles. The molecule has 0 heterocycles. The highest BCUT2D eigenvalue weighted by Crippen LogP contribution is 2.32. The predicted octanol–water partition coefficient (Wildman–Crippen LogP) is 0.237. The second-order valence-corrected chi connectivity index (χ2v) is 4.47. The Morgan fingerprint density at radius 2 is 2.07 bits per heavy atom. The van der Waals surface area contributed by atoms with Crippen LogP contribution in [0.3, 0.4) is 0 Å². The maximum atomic E-state index is 11.7. The van der Waals surface area contributed by atoms with Gasteiger partial charge in [-0.2, -0.15) is 0 Å². The molecule has 15 heavy (non-hydrogen) atoms. The summed E-state index contributed by atoms with van der Waals surface area (Å²) in [6.07, 6.45) is 2.30. The zero-order valence-electron chi connectivity index (χ0n) is 9.17. The van der Waals surface area contributed by atoms with Gasteiger partial charge in [0.25, 0.3) is 0 Å². The van der Waals surface area contributed by atoms with Gasteiger partial charge >= 0.3 is 5.97 Å². The zero-order chi connectivity index (χ0) is 11.7. The molecule has 0 radical (unpaired) electrons. The fraction of sp³-hybridized carbons (Fsp3) is 0.800. The van der Waals surface area contributed by atoms with Crippen LogP contribution in [0.5, 0.6) is 0 Å². The SMILES string of the molecule is CCC(C)(N)C(=O)NC1(C(=O)O)CCC1. The van der Waals surface area contributed by atoms with E-state index in [1.165, 1.54) is 0 Å². The Morgan fingerprint density at radius 3 is 2.33 bits per heavy atom. The van der Waals surface area contributed by atoms with E-state index in [2.05, 4.69) is 5.32 Å². The monoisotopic (exact) mass is 214 g/mol. The summed E-state index contributed by atoms with van der Waals surface area (Å²) in [5.41, 5.74) is 3.69. The summed E-state index contributed by atoms with van der Waals surface area (Å²) >= 11 is 0. The maximum absolute atomic E-state index is 11.7. The molecule has 86 valence electrons. The van der Waals surface area contributed by atoms with E-state index in [9.17, 15) is 9.59 Å². The Kier molecular flexibility index (Phi) is 3.04. The third-order valence-corrected chi connectivity index (χ3v) is 3.22. The molecule has 5 nitrogen and oxygen atoms in total. The number of hydrogen-bond donors (Lipinski definition) is 3. The fourth-order valence-corrected chi connectivity index (χ4v) is 1.44. The van der Waals surface area contributed by atoms with Gasteiger partial charge in [-0.25, -0.2) is 4.79 Å². The first-order chi connectivity index (χ1) is 6.84. The van der Waals surface area contributed by atoms with Crippen molar-refractivity contribution in [1.29, 1.82) is 0 Å². The number of nitrogens with one attached hydrogen (secondary N) is 1. The van der Waals surface area contributed by atoms with Crippen LogP contribution in [0.2, 0.25) is 0 Å². The molecule has 1 fully saturated rings. The molecule has 0 aromatic heterocycles. The quantitative estimate of drug-likeness (QED) is 0.625. The van der Waals surface area contributed by atoms with Gasteiger partial charge in [0, 0.05) is 0 Å². The van der Waals surface area contributed by atoms with Crippen molar-refractivity contribution in [2.45, 2.75) is 50.6 Å². The van der Waals surface area contributed by atoms with E-state index in [1.807, 2.05) is 0 Å². The van der Waals surface area contributed by atoms with E-state index in [0.29, 0.717) is 19.3 Å². The number of rotatable bonds is 4. The first kappa shape index (κ1) is 12.0. The molecule has 1 aliphatic carbocycles. The number of carboxylic acid groups (broad SMARTS) is 1. The van der Waals surface area contributed by atoms with Gasteiger partial charge in [0.05, 0.1) is 5.54 Å². The van der Waals surface area contributed by atoms with Crippen LogP contribution in [-0.2, 0) is 9.59 Å². The fourth-order valence-electron chi connectivity index (χ4n) is 1.44. The van der Waals surface area contributed by atoms with Crippen molar-refractivity contribution in [2.24, 2.45) is 5.73 Å². The van der Waals surface area contributed by atoms with Gasteiger partial charge in [-0.1, -0.05) is 6.92 Å². The molecule has 0 spiro atoms. The Morgan fingerprint density at radius 1 is 1.53 bits per heavy atom. The molecule has 1 unspecified atom stereocenters. The van der Waals surface area contributed by atoms with Crippen LogP contribution in [0.15, 0.2) is 0 Å². The standard InChI is InChI=1S/C10H18N2O3/c1-3-9(2,11)7(13)12-10(8(14)15)5-4-6-10/h3-6,11H2,1-2H3,(H,12,13)(H,14,15). The number of carbonyl (C=O) groups is 2. The van der Waals surface area contributed by atoms with Gasteiger partial charge in [0.15, 0.2) is 0 Å². The van der Waals surface area contributed by atoms with E-state index in [0.717, 1.165) is 6.42 Å². The van der Waals surface area contributed by atoms with E-state index >= 15 is 0 Å². The average molecular weight is 214 g/mol. The van der Waals surface area contributed by atoms with Crippen molar-refractivity contribution in [2.75, 3.05) is 0 Å². The van der Waals surface area contributed by atoms with Crippen LogP contribution in [-0.4, -0.2) is 28.1 Å². The lowest BCUT2D eigenvalue weighted by Gasteiger charge is -2.40. The minimum atomic E-state index is -1.06. The topological polar surface area (TPSA) is 92.4 Å². The molecular formula is C10H18N2O3. The Labute approximate surface area is 89.0 Å². The maximum Gasteiger partial charge on any atom is 0.329 e. The lowest BCUT2D eigenvalue weighted by atomic mass is 9.76. The van der Waals surface area contributed by atoms with E-state index < -0.39 is 17.0 Å². The van der Waals surface area contributed by atoms with Gasteiger partial charge in [-0.05, 0) is 32.6 Å². The summed E-state index contributed by atoms with van der Waals surface area (Å²) in [6.45, 7) is 3.41. The Bertz CT molecular complexity index is 282. The first-order valence-electron chi connectivity index (χ1n) is 5.19. The number of amides is 1. The van der Waals surface area contributed by atoms with Crippen LogP contribution in [0.4, 0.5) is 0 Å². The Hall–Kier alpha value is -1.10. The second-order valence-electron chi connectivity index (χ2n) is 4.47. The van der Waals surface area contributed by atoms with Crippen molar-refractivity contribution in [3.63, 3.8) is 0 Å².